The van der Waals surface area contributed by atoms with Crippen molar-refractivity contribution in [3.63, 3.8) is 0 Å². The van der Waals surface area contributed by atoms with Gasteiger partial charge in [0, 0.05) is 0 Å². The van der Waals surface area contributed by atoms with Crippen LogP contribution in [0.25, 0.3) is 0 Å². The molecule has 0 spiro atoms. The first-order valence-electron chi connectivity index (χ1n) is 5.93. The highest BCUT2D eigenvalue weighted by Crippen LogP contribution is 2.30. The molecule has 0 fully saturated rings. The molecule has 2 unspecified atom stereocenters. The molecule has 0 aliphatic rings. The largest absolute Gasteiger partial charge is 0.0654 e. The molecule has 0 aromatic rings. The molecule has 1 radical (unpaired) electrons. The van der Waals surface area contributed by atoms with Gasteiger partial charge in [0.15, 0.2) is 0 Å². The lowest BCUT2D eigenvalue weighted by atomic mass is 9.79. The molecule has 0 amide bonds. The molecule has 0 aliphatic carbocycles. The van der Waals surface area contributed by atoms with Gasteiger partial charge in [0.25, 0.3) is 0 Å². The van der Waals surface area contributed by atoms with Gasteiger partial charge in [0.2, 0.25) is 0 Å². The Morgan fingerprint density at radius 2 is 1.62 bits per heavy atom. The predicted molar refractivity (Wildman–Crippen MR) is 61.7 cm³/mol. The molecule has 0 aromatic carbocycles. The lowest BCUT2D eigenvalue weighted by Crippen LogP contribution is -2.16. The molecule has 0 nitrogen and oxygen atoms in total. The normalized spacial score (nSPS) is 16.2. The molecule has 0 aliphatic heterocycles. The Hall–Kier alpha value is 0. The first kappa shape index (κ1) is 13.0. The number of hydrogen-bond acceptors (Lipinski definition) is 0. The summed E-state index contributed by atoms with van der Waals surface area (Å²) in [7, 11) is 0. The van der Waals surface area contributed by atoms with Crippen molar-refractivity contribution in [2.45, 2.75) is 66.7 Å². The minimum absolute atomic E-state index is 0.872. The maximum absolute atomic E-state index is 2.42. The zero-order valence-electron chi connectivity index (χ0n) is 10.2. The van der Waals surface area contributed by atoms with Crippen molar-refractivity contribution < 1.29 is 0 Å². The summed E-state index contributed by atoms with van der Waals surface area (Å²) in [5.41, 5.74) is 0. The standard InChI is InChI=1S/C13H27/c1-6-8-10-12(5)13(9-7-2)11(3)4/h12-13H,6-10H2,1-5H3. The van der Waals surface area contributed by atoms with Crippen LogP contribution in [0.15, 0.2) is 0 Å². The average molecular weight is 183 g/mol. The van der Waals surface area contributed by atoms with Crippen molar-refractivity contribution >= 4 is 0 Å². The smallest absolute Gasteiger partial charge is 0.0269 e. The van der Waals surface area contributed by atoms with E-state index in [1.807, 2.05) is 0 Å². The lowest BCUT2D eigenvalue weighted by Gasteiger charge is -2.26. The summed E-state index contributed by atoms with van der Waals surface area (Å²) >= 11 is 0. The SMILES string of the molecule is CCCCC(C)C(CCC)[C](C)C. The van der Waals surface area contributed by atoms with Gasteiger partial charge in [0.05, 0.1) is 0 Å². The number of rotatable bonds is 7. The summed E-state index contributed by atoms with van der Waals surface area (Å²) in [6.45, 7) is 11.6. The molecule has 2 atom stereocenters. The van der Waals surface area contributed by atoms with Crippen molar-refractivity contribution in [3.05, 3.63) is 5.92 Å². The van der Waals surface area contributed by atoms with Crippen molar-refractivity contribution in [2.75, 3.05) is 0 Å². The first-order valence-corrected chi connectivity index (χ1v) is 5.93. The topological polar surface area (TPSA) is 0 Å². The highest BCUT2D eigenvalue weighted by Gasteiger charge is 2.19. The van der Waals surface area contributed by atoms with Crippen LogP contribution in [0.1, 0.15) is 66.7 Å². The van der Waals surface area contributed by atoms with E-state index in [0.717, 1.165) is 11.8 Å². The van der Waals surface area contributed by atoms with Crippen LogP contribution >= 0.6 is 0 Å². The zero-order valence-corrected chi connectivity index (χ0v) is 10.2. The van der Waals surface area contributed by atoms with E-state index in [0.29, 0.717) is 0 Å². The van der Waals surface area contributed by atoms with Crippen LogP contribution in [0.5, 0.6) is 0 Å². The van der Waals surface area contributed by atoms with Crippen molar-refractivity contribution in [1.82, 2.24) is 0 Å². The van der Waals surface area contributed by atoms with Gasteiger partial charge >= 0.3 is 0 Å². The van der Waals surface area contributed by atoms with Crippen LogP contribution in [0.3, 0.4) is 0 Å². The first-order chi connectivity index (χ1) is 6.13. The predicted octanol–water partition coefficient (Wildman–Crippen LogP) is 4.84. The van der Waals surface area contributed by atoms with E-state index in [9.17, 15) is 0 Å². The van der Waals surface area contributed by atoms with E-state index in [-0.39, 0.29) is 0 Å². The number of hydrogen-bond donors (Lipinski definition) is 0. The van der Waals surface area contributed by atoms with Crippen molar-refractivity contribution in [3.8, 4) is 0 Å². The maximum Gasteiger partial charge on any atom is -0.0269 e. The molecule has 0 heterocycles. The highest BCUT2D eigenvalue weighted by molar-refractivity contribution is 4.89. The van der Waals surface area contributed by atoms with E-state index < -0.39 is 0 Å². The molecular weight excluding hydrogens is 156 g/mol. The Morgan fingerprint density at radius 3 is 2.00 bits per heavy atom. The van der Waals surface area contributed by atoms with E-state index >= 15 is 0 Å². The van der Waals surface area contributed by atoms with Crippen LogP contribution < -0.4 is 0 Å². The molecule has 0 bridgehead atoms. The monoisotopic (exact) mass is 183 g/mol. The second kappa shape index (κ2) is 7.41. The summed E-state index contributed by atoms with van der Waals surface area (Å²) in [6, 6.07) is 0. The van der Waals surface area contributed by atoms with Crippen LogP contribution in [-0.4, -0.2) is 0 Å². The fourth-order valence-corrected chi connectivity index (χ4v) is 2.18. The minimum Gasteiger partial charge on any atom is -0.0654 e. The highest BCUT2D eigenvalue weighted by atomic mass is 14.2. The molecule has 0 aromatic heterocycles. The summed E-state index contributed by atoms with van der Waals surface area (Å²) in [4.78, 5) is 0. The van der Waals surface area contributed by atoms with Gasteiger partial charge in [-0.05, 0) is 24.2 Å². The summed E-state index contributed by atoms with van der Waals surface area (Å²) in [5.74, 6) is 3.40. The van der Waals surface area contributed by atoms with Gasteiger partial charge in [-0.1, -0.05) is 60.3 Å². The molecule has 0 saturated carbocycles. The Kier molecular flexibility index (Phi) is 7.41. The van der Waals surface area contributed by atoms with Gasteiger partial charge in [-0.15, -0.1) is 0 Å². The van der Waals surface area contributed by atoms with Crippen LogP contribution in [0.2, 0.25) is 0 Å². The Balaban J connectivity index is 3.87. The summed E-state index contributed by atoms with van der Waals surface area (Å²) in [6.07, 6.45) is 6.85. The maximum atomic E-state index is 2.42. The van der Waals surface area contributed by atoms with Crippen LogP contribution in [-0.2, 0) is 0 Å². The van der Waals surface area contributed by atoms with E-state index in [1.165, 1.54) is 32.1 Å². The van der Waals surface area contributed by atoms with E-state index in [1.54, 1.807) is 5.92 Å². The van der Waals surface area contributed by atoms with Crippen molar-refractivity contribution in [2.24, 2.45) is 11.8 Å². The molecule has 0 rings (SSSR count). The third-order valence-electron chi connectivity index (χ3n) is 3.04. The fraction of sp³-hybridized carbons (Fsp3) is 0.923. The second-order valence-corrected chi connectivity index (χ2v) is 4.59. The quantitative estimate of drug-likeness (QED) is 0.529. The van der Waals surface area contributed by atoms with Gasteiger partial charge in [-0.25, -0.2) is 0 Å². The second-order valence-electron chi connectivity index (χ2n) is 4.59. The van der Waals surface area contributed by atoms with Gasteiger partial charge in [-0.3, -0.25) is 0 Å². The molecular formula is C13H27. The zero-order chi connectivity index (χ0) is 10.3. The van der Waals surface area contributed by atoms with Gasteiger partial charge < -0.3 is 0 Å². The third-order valence-corrected chi connectivity index (χ3v) is 3.04. The van der Waals surface area contributed by atoms with Gasteiger partial charge in [-0.2, -0.15) is 0 Å². The summed E-state index contributed by atoms with van der Waals surface area (Å²) < 4.78 is 0. The fourth-order valence-electron chi connectivity index (χ4n) is 2.18. The Bertz CT molecular complexity index is 105. The summed E-state index contributed by atoms with van der Waals surface area (Å²) in [5, 5.41) is 0. The minimum atomic E-state index is 0.872. The molecule has 13 heavy (non-hydrogen) atoms. The van der Waals surface area contributed by atoms with Crippen LogP contribution in [0, 0.1) is 17.8 Å². The molecule has 0 N–H and O–H groups in total. The van der Waals surface area contributed by atoms with Gasteiger partial charge in [0.1, 0.15) is 0 Å². The molecule has 0 heteroatoms. The van der Waals surface area contributed by atoms with Crippen molar-refractivity contribution in [1.29, 1.82) is 0 Å². The molecule has 0 saturated heterocycles. The lowest BCUT2D eigenvalue weighted by molar-refractivity contribution is 0.322. The average Bonchev–Trinajstić information content (AvgIpc) is 2.09. The Morgan fingerprint density at radius 1 is 1.00 bits per heavy atom. The molecule has 79 valence electrons. The van der Waals surface area contributed by atoms with E-state index in [2.05, 4.69) is 34.6 Å². The number of unbranched alkanes of at least 4 members (excludes halogenated alkanes) is 1. The Labute approximate surface area is 85.1 Å². The third kappa shape index (κ3) is 5.33. The van der Waals surface area contributed by atoms with E-state index in [4.69, 9.17) is 0 Å². The van der Waals surface area contributed by atoms with Crippen LogP contribution in [0.4, 0.5) is 0 Å².